The van der Waals surface area contributed by atoms with Gasteiger partial charge in [0.15, 0.2) is 6.04 Å². The Kier molecular flexibility index (Phi) is 4.40. The maximum atomic E-state index is 11.5. The average Bonchev–Trinajstić information content (AvgIpc) is 2.27. The molecular formula is C10H13N3O2S. The SMILES string of the molecule is CCCS(=O)(=O)NC(C#N)c1ccccn1. The van der Waals surface area contributed by atoms with Gasteiger partial charge >= 0.3 is 0 Å². The highest BCUT2D eigenvalue weighted by Crippen LogP contribution is 2.09. The van der Waals surface area contributed by atoms with Crippen LogP contribution in [0.3, 0.4) is 0 Å². The normalized spacial score (nSPS) is 13.0. The predicted molar refractivity (Wildman–Crippen MR) is 59.8 cm³/mol. The number of nitrogens with one attached hydrogen (secondary N) is 1. The summed E-state index contributed by atoms with van der Waals surface area (Å²) < 4.78 is 25.3. The quantitative estimate of drug-likeness (QED) is 0.830. The highest BCUT2D eigenvalue weighted by molar-refractivity contribution is 7.89. The number of sulfonamides is 1. The van der Waals surface area contributed by atoms with Crippen molar-refractivity contribution in [1.82, 2.24) is 9.71 Å². The zero-order valence-electron chi connectivity index (χ0n) is 8.92. The number of hydrogen-bond acceptors (Lipinski definition) is 4. The van der Waals surface area contributed by atoms with Gasteiger partial charge in [0.25, 0.3) is 0 Å². The Morgan fingerprint density at radius 1 is 1.56 bits per heavy atom. The molecule has 86 valence electrons. The van der Waals surface area contributed by atoms with Crippen molar-refractivity contribution in [3.05, 3.63) is 30.1 Å². The van der Waals surface area contributed by atoms with Gasteiger partial charge in [-0.2, -0.15) is 9.98 Å². The summed E-state index contributed by atoms with van der Waals surface area (Å²) in [6, 6.07) is 5.99. The zero-order valence-corrected chi connectivity index (χ0v) is 9.74. The summed E-state index contributed by atoms with van der Waals surface area (Å²) in [4.78, 5) is 3.94. The molecule has 0 radical (unpaired) electrons. The molecule has 6 heteroatoms. The van der Waals surface area contributed by atoms with Gasteiger partial charge < -0.3 is 0 Å². The van der Waals surface area contributed by atoms with Gasteiger partial charge in [0.05, 0.1) is 17.5 Å². The Balaban J connectivity index is 2.83. The summed E-state index contributed by atoms with van der Waals surface area (Å²) in [6.45, 7) is 1.77. The van der Waals surface area contributed by atoms with Crippen LogP contribution in [0.2, 0.25) is 0 Å². The number of aromatic nitrogens is 1. The van der Waals surface area contributed by atoms with Crippen molar-refractivity contribution < 1.29 is 8.42 Å². The Labute approximate surface area is 95.2 Å². The van der Waals surface area contributed by atoms with E-state index in [1.807, 2.05) is 6.07 Å². The van der Waals surface area contributed by atoms with Crippen LogP contribution < -0.4 is 4.72 Å². The molecular weight excluding hydrogens is 226 g/mol. The Morgan fingerprint density at radius 2 is 2.31 bits per heavy atom. The summed E-state index contributed by atoms with van der Waals surface area (Å²) in [5.74, 6) is 0.0119. The second-order valence-electron chi connectivity index (χ2n) is 3.25. The summed E-state index contributed by atoms with van der Waals surface area (Å²) in [7, 11) is -3.40. The lowest BCUT2D eigenvalue weighted by Gasteiger charge is -2.10. The van der Waals surface area contributed by atoms with E-state index >= 15 is 0 Å². The molecule has 1 N–H and O–H groups in total. The van der Waals surface area contributed by atoms with E-state index in [9.17, 15) is 8.42 Å². The van der Waals surface area contributed by atoms with Gasteiger partial charge in [0, 0.05) is 6.20 Å². The predicted octanol–water partition coefficient (Wildman–Crippen LogP) is 0.976. The fourth-order valence-corrected chi connectivity index (χ4v) is 2.39. The molecule has 0 aromatic carbocycles. The molecule has 0 aliphatic heterocycles. The molecule has 16 heavy (non-hydrogen) atoms. The smallest absolute Gasteiger partial charge is 0.213 e. The highest BCUT2D eigenvalue weighted by atomic mass is 32.2. The van der Waals surface area contributed by atoms with E-state index in [2.05, 4.69) is 9.71 Å². The lowest BCUT2D eigenvalue weighted by molar-refractivity contribution is 0.572. The van der Waals surface area contributed by atoms with E-state index in [0.717, 1.165) is 0 Å². The third-order valence-electron chi connectivity index (χ3n) is 1.88. The van der Waals surface area contributed by atoms with Crippen LogP contribution in [0.1, 0.15) is 25.1 Å². The van der Waals surface area contributed by atoms with Crippen molar-refractivity contribution in [3.63, 3.8) is 0 Å². The third kappa shape index (κ3) is 3.61. The Morgan fingerprint density at radius 3 is 2.81 bits per heavy atom. The first kappa shape index (κ1) is 12.6. The molecule has 0 saturated heterocycles. The maximum Gasteiger partial charge on any atom is 0.213 e. The first-order valence-corrected chi connectivity index (χ1v) is 6.55. The lowest BCUT2D eigenvalue weighted by atomic mass is 10.2. The van der Waals surface area contributed by atoms with E-state index in [4.69, 9.17) is 5.26 Å². The molecule has 0 bridgehead atoms. The lowest BCUT2D eigenvalue weighted by Crippen LogP contribution is -2.30. The van der Waals surface area contributed by atoms with E-state index < -0.39 is 16.1 Å². The first-order valence-electron chi connectivity index (χ1n) is 4.89. The van der Waals surface area contributed by atoms with Crippen molar-refractivity contribution >= 4 is 10.0 Å². The zero-order chi connectivity index (χ0) is 12.0. The van der Waals surface area contributed by atoms with E-state index in [1.165, 1.54) is 6.20 Å². The van der Waals surface area contributed by atoms with Crippen molar-refractivity contribution in [2.24, 2.45) is 0 Å². The number of rotatable bonds is 5. The van der Waals surface area contributed by atoms with Crippen LogP contribution in [0.4, 0.5) is 0 Å². The second-order valence-corrected chi connectivity index (χ2v) is 5.13. The van der Waals surface area contributed by atoms with Crippen LogP contribution >= 0.6 is 0 Å². The topological polar surface area (TPSA) is 82.9 Å². The molecule has 1 aromatic rings. The molecule has 0 aliphatic carbocycles. The van der Waals surface area contributed by atoms with Gasteiger partial charge in [-0.1, -0.05) is 13.0 Å². The fourth-order valence-electron chi connectivity index (χ4n) is 1.21. The summed E-state index contributed by atoms with van der Waals surface area (Å²) in [6.07, 6.45) is 2.03. The Hall–Kier alpha value is -1.45. The molecule has 1 unspecified atom stereocenters. The monoisotopic (exact) mass is 239 g/mol. The van der Waals surface area contributed by atoms with Gasteiger partial charge in [-0.15, -0.1) is 0 Å². The van der Waals surface area contributed by atoms with Gasteiger partial charge in [-0.05, 0) is 18.6 Å². The van der Waals surface area contributed by atoms with Gasteiger partial charge in [0.2, 0.25) is 10.0 Å². The molecule has 1 atom stereocenters. The Bertz CT molecular complexity index is 465. The van der Waals surface area contributed by atoms with Gasteiger partial charge in [0.1, 0.15) is 0 Å². The minimum atomic E-state index is -3.40. The largest absolute Gasteiger partial charge is 0.258 e. The average molecular weight is 239 g/mol. The molecule has 1 heterocycles. The minimum absolute atomic E-state index is 0.0119. The maximum absolute atomic E-state index is 11.5. The van der Waals surface area contributed by atoms with Crippen molar-refractivity contribution in [1.29, 1.82) is 5.26 Å². The molecule has 1 aromatic heterocycles. The molecule has 1 rings (SSSR count). The molecule has 0 amide bonds. The van der Waals surface area contributed by atoms with E-state index in [-0.39, 0.29) is 5.75 Å². The fraction of sp³-hybridized carbons (Fsp3) is 0.400. The van der Waals surface area contributed by atoms with E-state index in [0.29, 0.717) is 12.1 Å². The highest BCUT2D eigenvalue weighted by Gasteiger charge is 2.18. The van der Waals surface area contributed by atoms with E-state index in [1.54, 1.807) is 25.1 Å². The van der Waals surface area contributed by atoms with Gasteiger partial charge in [-0.25, -0.2) is 8.42 Å². The molecule has 0 aliphatic rings. The van der Waals surface area contributed by atoms with Crippen LogP contribution in [0, 0.1) is 11.3 Å². The molecule has 0 saturated carbocycles. The van der Waals surface area contributed by atoms with Crippen LogP contribution in [0.25, 0.3) is 0 Å². The van der Waals surface area contributed by atoms with Crippen molar-refractivity contribution in [2.45, 2.75) is 19.4 Å². The summed E-state index contributed by atoms with van der Waals surface area (Å²) >= 11 is 0. The van der Waals surface area contributed by atoms with Crippen LogP contribution in [0.5, 0.6) is 0 Å². The number of hydrogen-bond donors (Lipinski definition) is 1. The molecule has 0 spiro atoms. The third-order valence-corrected chi connectivity index (χ3v) is 3.42. The first-order chi connectivity index (χ1) is 7.59. The number of nitrogens with zero attached hydrogens (tertiary/aromatic N) is 2. The van der Waals surface area contributed by atoms with Crippen LogP contribution in [-0.4, -0.2) is 19.2 Å². The van der Waals surface area contributed by atoms with Crippen molar-refractivity contribution in [3.8, 4) is 6.07 Å². The summed E-state index contributed by atoms with van der Waals surface area (Å²) in [5, 5.41) is 8.89. The van der Waals surface area contributed by atoms with Gasteiger partial charge in [-0.3, -0.25) is 4.98 Å². The second kappa shape index (κ2) is 5.58. The summed E-state index contributed by atoms with van der Waals surface area (Å²) in [5.41, 5.74) is 0.407. The molecule has 0 fully saturated rings. The number of pyridine rings is 1. The van der Waals surface area contributed by atoms with Crippen LogP contribution in [0.15, 0.2) is 24.4 Å². The van der Waals surface area contributed by atoms with Crippen LogP contribution in [-0.2, 0) is 10.0 Å². The minimum Gasteiger partial charge on any atom is -0.258 e. The molecule has 5 nitrogen and oxygen atoms in total. The van der Waals surface area contributed by atoms with Crippen molar-refractivity contribution in [2.75, 3.05) is 5.75 Å². The standard InChI is InChI=1S/C10H13N3O2S/c1-2-7-16(14,15)13-10(8-11)9-5-3-4-6-12-9/h3-6,10,13H,2,7H2,1H3. The number of nitriles is 1.